The molecular formula is C44H67N7O6. The predicted octanol–water partition coefficient (Wildman–Crippen LogP) is 4.42. The zero-order valence-electron chi connectivity index (χ0n) is 35.6. The lowest BCUT2D eigenvalue weighted by Gasteiger charge is -2.41. The Morgan fingerprint density at radius 1 is 0.947 bits per heavy atom. The first-order valence-electron chi connectivity index (χ1n) is 21.1. The molecule has 2 N–H and O–H groups in total. The second kappa shape index (κ2) is 20.2. The van der Waals surface area contributed by atoms with E-state index in [-0.39, 0.29) is 54.0 Å². The summed E-state index contributed by atoms with van der Waals surface area (Å²) in [4.78, 5) is 71.0. The molecule has 3 aliphatic rings. The molecule has 2 bridgehead atoms. The van der Waals surface area contributed by atoms with E-state index in [1.165, 1.54) is 0 Å². The van der Waals surface area contributed by atoms with Crippen LogP contribution < -0.4 is 10.6 Å². The normalized spacial score (nSPS) is 24.4. The molecule has 5 rings (SSSR count). The molecule has 2 saturated heterocycles. The van der Waals surface area contributed by atoms with Gasteiger partial charge < -0.3 is 29.9 Å². The first-order valence-corrected chi connectivity index (χ1v) is 21.1. The lowest BCUT2D eigenvalue weighted by Crippen LogP contribution is -2.60. The van der Waals surface area contributed by atoms with E-state index in [4.69, 9.17) is 9.47 Å². The van der Waals surface area contributed by atoms with Gasteiger partial charge in [-0.1, -0.05) is 71.4 Å². The van der Waals surface area contributed by atoms with Crippen LogP contribution in [-0.4, -0.2) is 126 Å². The Labute approximate surface area is 340 Å². The minimum Gasteiger partial charge on any atom is -0.379 e. The van der Waals surface area contributed by atoms with E-state index in [0.717, 1.165) is 37.7 Å². The highest BCUT2D eigenvalue weighted by molar-refractivity contribution is 5.90. The molecule has 1 aliphatic carbocycles. The van der Waals surface area contributed by atoms with Crippen LogP contribution in [-0.2, 0) is 35.1 Å². The molecule has 1 aromatic carbocycles. The third-order valence-electron chi connectivity index (χ3n) is 13.2. The Balaban J connectivity index is 1.27. The molecule has 0 unspecified atom stereocenters. The van der Waals surface area contributed by atoms with Crippen molar-refractivity contribution in [2.45, 2.75) is 134 Å². The van der Waals surface area contributed by atoms with E-state index < -0.39 is 36.3 Å². The van der Waals surface area contributed by atoms with Crippen LogP contribution in [0.25, 0.3) is 0 Å². The predicted molar refractivity (Wildman–Crippen MR) is 219 cm³/mol. The molecular weight excluding hydrogens is 723 g/mol. The van der Waals surface area contributed by atoms with Crippen LogP contribution in [0.5, 0.6) is 0 Å². The quantitative estimate of drug-likeness (QED) is 0.211. The van der Waals surface area contributed by atoms with Crippen molar-refractivity contribution in [2.75, 3.05) is 34.9 Å². The number of benzene rings is 1. The van der Waals surface area contributed by atoms with Gasteiger partial charge in [-0.3, -0.25) is 24.1 Å². The van der Waals surface area contributed by atoms with Crippen LogP contribution in [0.3, 0.4) is 0 Å². The van der Waals surface area contributed by atoms with Crippen molar-refractivity contribution < 1.29 is 28.7 Å². The number of carbonyl (C=O) groups excluding carboxylic acids is 4. The summed E-state index contributed by atoms with van der Waals surface area (Å²) in [6, 6.07) is 9.94. The average molecular weight is 790 g/mol. The second-order valence-electron chi connectivity index (χ2n) is 17.0. The third kappa shape index (κ3) is 10.2. The van der Waals surface area contributed by atoms with Crippen molar-refractivity contribution in [2.24, 2.45) is 23.7 Å². The highest BCUT2D eigenvalue weighted by Gasteiger charge is 2.49. The summed E-state index contributed by atoms with van der Waals surface area (Å²) >= 11 is 0. The van der Waals surface area contributed by atoms with Gasteiger partial charge in [-0.05, 0) is 75.0 Å². The highest BCUT2D eigenvalue weighted by Crippen LogP contribution is 2.41. The first kappa shape index (κ1) is 44.2. The summed E-state index contributed by atoms with van der Waals surface area (Å²) in [6.07, 6.45) is 8.16. The fourth-order valence-electron chi connectivity index (χ4n) is 9.74. The molecule has 0 spiro atoms. The maximum Gasteiger partial charge on any atom is 0.245 e. The molecule has 2 aromatic rings. The topological polar surface area (TPSA) is 146 Å². The van der Waals surface area contributed by atoms with Crippen LogP contribution in [0.4, 0.5) is 0 Å². The van der Waals surface area contributed by atoms with Crippen molar-refractivity contribution in [3.05, 3.63) is 60.2 Å². The number of likely N-dealkylation sites (N-methyl/N-ethyl adjacent to an activating group) is 2. The first-order chi connectivity index (χ1) is 27.3. The molecule has 13 heteroatoms. The van der Waals surface area contributed by atoms with Crippen molar-refractivity contribution >= 4 is 23.6 Å². The molecule has 13 nitrogen and oxygen atoms in total. The van der Waals surface area contributed by atoms with E-state index in [0.29, 0.717) is 37.2 Å². The smallest absolute Gasteiger partial charge is 0.245 e. The number of carbonyl (C=O) groups is 4. The van der Waals surface area contributed by atoms with Gasteiger partial charge in [-0.25, -0.2) is 9.97 Å². The van der Waals surface area contributed by atoms with Crippen LogP contribution in [0.15, 0.2) is 48.8 Å². The number of nitrogens with one attached hydrogen (secondary N) is 2. The number of hydrogen-bond donors (Lipinski definition) is 2. The summed E-state index contributed by atoms with van der Waals surface area (Å²) in [5, 5.41) is 6.33. The van der Waals surface area contributed by atoms with Gasteiger partial charge in [-0.15, -0.1) is 0 Å². The largest absolute Gasteiger partial charge is 0.379 e. The molecule has 4 amide bonds. The molecule has 0 radical (unpaired) electrons. The Morgan fingerprint density at radius 3 is 2.25 bits per heavy atom. The fraction of sp³-hybridized carbons (Fsp3) is 0.682. The number of amides is 4. The van der Waals surface area contributed by atoms with Crippen molar-refractivity contribution in [1.29, 1.82) is 0 Å². The van der Waals surface area contributed by atoms with Gasteiger partial charge in [0.25, 0.3) is 0 Å². The minimum absolute atomic E-state index is 0.000781. The van der Waals surface area contributed by atoms with E-state index in [2.05, 4.69) is 39.3 Å². The van der Waals surface area contributed by atoms with Gasteiger partial charge in [-0.2, -0.15) is 0 Å². The van der Waals surface area contributed by atoms with Gasteiger partial charge in [0.2, 0.25) is 23.6 Å². The van der Waals surface area contributed by atoms with Crippen molar-refractivity contribution in [1.82, 2.24) is 35.3 Å². The molecule has 2 aliphatic heterocycles. The molecule has 314 valence electrons. The molecule has 3 heterocycles. The number of fused-ring (bicyclic) bond motifs is 2. The van der Waals surface area contributed by atoms with Crippen molar-refractivity contribution in [3.63, 3.8) is 0 Å². The van der Waals surface area contributed by atoms with Crippen LogP contribution in [0.1, 0.15) is 97.0 Å². The monoisotopic (exact) mass is 790 g/mol. The van der Waals surface area contributed by atoms with E-state index in [1.807, 2.05) is 63.1 Å². The minimum atomic E-state index is -0.714. The maximum absolute atomic E-state index is 14.4. The highest BCUT2D eigenvalue weighted by atomic mass is 16.5. The van der Waals surface area contributed by atoms with Gasteiger partial charge >= 0.3 is 0 Å². The number of aromatic nitrogens is 2. The summed E-state index contributed by atoms with van der Waals surface area (Å²) < 4.78 is 12.1. The Morgan fingerprint density at radius 2 is 1.65 bits per heavy atom. The van der Waals surface area contributed by atoms with Gasteiger partial charge in [0.05, 0.1) is 48.7 Å². The Kier molecular flexibility index (Phi) is 15.6. The van der Waals surface area contributed by atoms with Crippen molar-refractivity contribution in [3.8, 4) is 0 Å². The summed E-state index contributed by atoms with van der Waals surface area (Å²) in [5.41, 5.74) is 1.04. The second-order valence-corrected chi connectivity index (χ2v) is 17.0. The van der Waals surface area contributed by atoms with Gasteiger partial charge in [0.15, 0.2) is 5.82 Å². The zero-order chi connectivity index (χ0) is 41.4. The van der Waals surface area contributed by atoms with Gasteiger partial charge in [0.1, 0.15) is 6.04 Å². The summed E-state index contributed by atoms with van der Waals surface area (Å²) in [7, 11) is 6.97. The van der Waals surface area contributed by atoms with E-state index in [9.17, 15) is 19.2 Å². The number of hydrogen-bond acceptors (Lipinski definition) is 9. The van der Waals surface area contributed by atoms with Crippen LogP contribution >= 0.6 is 0 Å². The maximum atomic E-state index is 14.4. The standard InChI is InChI=1S/C44H67N7O6/c1-10-28(4)38(50(7)44(55)37(27(2)3)48-43(54)39-31-19-20-32(25-31)49(39)6)35(56-8)26-36(52)51-23-14-18-34(51)40(57-9)29(5)42(53)47-33(41-45-21-15-22-46-41)24-30-16-12-11-13-17-30/h11-13,15-17,21-22,27-29,31-35,37-40H,10,14,18-20,23-26H2,1-9H3,(H,47,53)(H,48,54)/t28-,29+,31-,32+,33-,34-,35-,37-,38-,39-,40+/m0/s1. The number of likely N-dealkylation sites (tertiary alicyclic amines) is 2. The fourth-order valence-corrected chi connectivity index (χ4v) is 9.74. The Bertz CT molecular complexity index is 1630. The molecule has 57 heavy (non-hydrogen) atoms. The van der Waals surface area contributed by atoms with Crippen LogP contribution in [0.2, 0.25) is 0 Å². The molecule has 1 aromatic heterocycles. The van der Waals surface area contributed by atoms with E-state index >= 15 is 0 Å². The third-order valence-corrected chi connectivity index (χ3v) is 13.2. The van der Waals surface area contributed by atoms with Crippen LogP contribution in [0, 0.1) is 23.7 Å². The van der Waals surface area contributed by atoms with E-state index in [1.54, 1.807) is 44.6 Å². The lowest BCUT2D eigenvalue weighted by molar-refractivity contribution is -0.148. The number of piperidine rings is 1. The zero-order valence-corrected chi connectivity index (χ0v) is 35.6. The molecule has 1 saturated carbocycles. The lowest BCUT2D eigenvalue weighted by atomic mass is 9.89. The molecule has 3 fully saturated rings. The number of nitrogens with zero attached hydrogens (tertiary/aromatic N) is 5. The van der Waals surface area contributed by atoms with Gasteiger partial charge in [0, 0.05) is 46.2 Å². The Hall–Kier alpha value is -3.94. The number of ether oxygens (including phenoxy) is 2. The SMILES string of the molecule is CC[C@H](C)[C@@H]([C@H](CC(=O)N1CCC[C@H]1[C@H](OC)[C@@H](C)C(=O)N[C@@H](Cc1ccccc1)c1ncccn1)OC)N(C)C(=O)[C@@H](NC(=O)[C@@H]1[C@H]2CC[C@H](C2)N1C)C(C)C. The number of methoxy groups -OCH3 is 2. The number of rotatable bonds is 19. The summed E-state index contributed by atoms with van der Waals surface area (Å²) in [6.45, 7) is 10.4. The molecule has 11 atom stereocenters. The summed E-state index contributed by atoms with van der Waals surface area (Å²) in [5.74, 6) is -0.477. The average Bonchev–Trinajstić information content (AvgIpc) is 3.97.